The Labute approximate surface area is 158 Å². The minimum absolute atomic E-state index is 0.150. The van der Waals surface area contributed by atoms with Crippen molar-refractivity contribution in [1.29, 1.82) is 0 Å². The van der Waals surface area contributed by atoms with E-state index in [0.29, 0.717) is 0 Å². The van der Waals surface area contributed by atoms with Gasteiger partial charge < -0.3 is 28.7 Å². The predicted molar refractivity (Wildman–Crippen MR) is 98.0 cm³/mol. The van der Waals surface area contributed by atoms with Crippen LogP contribution in [0.5, 0.6) is 0 Å². The van der Waals surface area contributed by atoms with Crippen molar-refractivity contribution < 1.29 is 33.2 Å². The number of hydrogen-bond donors (Lipinski definition) is 5. The van der Waals surface area contributed by atoms with Gasteiger partial charge in [-0.15, -0.1) is 0 Å². The summed E-state index contributed by atoms with van der Waals surface area (Å²) >= 11 is 5.03. The highest BCUT2D eigenvalue weighted by atomic mass is 32.5. The smallest absolute Gasteiger partial charge is 0.374 e. The Kier molecular flexibility index (Phi) is 7.31. The molecule has 1 unspecified atom stereocenters. The molecule has 2 heterocycles. The second kappa shape index (κ2) is 8.75. The van der Waals surface area contributed by atoms with Gasteiger partial charge in [0.25, 0.3) is 5.56 Å². The van der Waals surface area contributed by atoms with Crippen LogP contribution in [0.1, 0.15) is 13.2 Å². The third-order valence-electron chi connectivity index (χ3n) is 3.87. The molecule has 5 N–H and O–H groups in total. The third-order valence-corrected chi connectivity index (χ3v) is 6.87. The molecule has 1 aliphatic rings. The molecule has 15 heteroatoms. The Balaban J connectivity index is 2.39. The maximum absolute atomic E-state index is 12.1. The molecule has 0 amide bonds. The first-order valence-corrected chi connectivity index (χ1v) is 12.2. The van der Waals surface area contributed by atoms with E-state index >= 15 is 0 Å². The maximum Gasteiger partial charge on any atom is 0.400 e. The molecule has 0 aliphatic carbocycles. The summed E-state index contributed by atoms with van der Waals surface area (Å²) in [6.07, 6.45) is -2.71. The van der Waals surface area contributed by atoms with E-state index in [-0.39, 0.29) is 12.7 Å². The topological polar surface area (TPSA) is 172 Å². The molecule has 0 bridgehead atoms. The Morgan fingerprint density at radius 2 is 2.04 bits per heavy atom. The lowest BCUT2D eigenvalue weighted by Crippen LogP contribution is -2.41. The van der Waals surface area contributed by atoms with Gasteiger partial charge in [-0.3, -0.25) is 14.3 Å². The van der Waals surface area contributed by atoms with E-state index in [1.807, 2.05) is 5.09 Å². The van der Waals surface area contributed by atoms with Crippen molar-refractivity contribution in [2.75, 3.05) is 19.8 Å². The van der Waals surface area contributed by atoms with Gasteiger partial charge >= 0.3 is 13.4 Å². The number of methoxy groups -OCH3 is 1. The second-order valence-electron chi connectivity index (χ2n) is 5.71. The van der Waals surface area contributed by atoms with Gasteiger partial charge in [0.05, 0.1) is 0 Å². The Bertz CT molecular complexity index is 868. The predicted octanol–water partition coefficient (Wildman–Crippen LogP) is -1.16. The summed E-state index contributed by atoms with van der Waals surface area (Å²) in [4.78, 5) is 53.7. The van der Waals surface area contributed by atoms with E-state index in [1.54, 1.807) is 6.92 Å². The van der Waals surface area contributed by atoms with Gasteiger partial charge in [0.15, 0.2) is 12.7 Å². The number of hydrogen-bond acceptors (Lipinski definition) is 7. The van der Waals surface area contributed by atoms with E-state index in [2.05, 4.69) is 4.98 Å². The number of aromatic amines is 1. The number of rotatable bonds is 8. The number of nitrogens with one attached hydrogen (secondary N) is 2. The molecule has 0 spiro atoms. The van der Waals surface area contributed by atoms with Crippen molar-refractivity contribution >= 4 is 26.0 Å². The number of nitrogens with zero attached hydrogens (tertiary/aromatic N) is 1. The lowest BCUT2D eigenvalue weighted by molar-refractivity contribution is -0.0525. The van der Waals surface area contributed by atoms with Crippen molar-refractivity contribution in [3.8, 4) is 0 Å². The van der Waals surface area contributed by atoms with Gasteiger partial charge in [0.1, 0.15) is 18.3 Å². The molecule has 0 aromatic carbocycles. The van der Waals surface area contributed by atoms with Crippen LogP contribution in [0.4, 0.5) is 0 Å². The average molecular weight is 445 g/mol. The van der Waals surface area contributed by atoms with Gasteiger partial charge in [-0.2, -0.15) is 0 Å². The van der Waals surface area contributed by atoms with Gasteiger partial charge in [0, 0.05) is 32.1 Å². The zero-order chi connectivity index (χ0) is 20.4. The lowest BCUT2D eigenvalue weighted by Gasteiger charge is -2.27. The molecule has 1 fully saturated rings. The summed E-state index contributed by atoms with van der Waals surface area (Å²) in [6.45, 7) is -1.93. The lowest BCUT2D eigenvalue weighted by atomic mass is 10.1. The van der Waals surface area contributed by atoms with Crippen LogP contribution >= 0.6 is 14.2 Å². The van der Waals surface area contributed by atoms with E-state index in [9.17, 15) is 19.0 Å². The molecular weight excluding hydrogens is 424 g/mol. The van der Waals surface area contributed by atoms with E-state index in [0.717, 1.165) is 10.6 Å². The summed E-state index contributed by atoms with van der Waals surface area (Å²) < 4.78 is 28.9. The number of aromatic nitrogens is 2. The maximum atomic E-state index is 12.1. The van der Waals surface area contributed by atoms with Crippen molar-refractivity contribution in [3.05, 3.63) is 33.1 Å². The molecule has 1 saturated heterocycles. The normalized spacial score (nSPS) is 28.2. The van der Waals surface area contributed by atoms with Gasteiger partial charge in [0.2, 0.25) is 0 Å². The molecule has 0 radical (unpaired) electrons. The largest absolute Gasteiger partial charge is 0.400 e. The highest BCUT2D eigenvalue weighted by molar-refractivity contribution is 8.09. The van der Waals surface area contributed by atoms with Crippen molar-refractivity contribution in [2.24, 2.45) is 0 Å². The van der Waals surface area contributed by atoms with Crippen LogP contribution in [0.15, 0.2) is 21.9 Å². The molecule has 0 saturated carbocycles. The van der Waals surface area contributed by atoms with E-state index in [4.69, 9.17) is 35.6 Å². The average Bonchev–Trinajstić information content (AvgIpc) is 2.89. The minimum Gasteiger partial charge on any atom is -0.374 e. The molecule has 1 aliphatic heterocycles. The molecular formula is C12H21N3O9P2S. The van der Waals surface area contributed by atoms with Crippen LogP contribution < -0.4 is 16.3 Å². The van der Waals surface area contributed by atoms with Gasteiger partial charge in [-0.25, -0.2) is 14.4 Å². The quantitative estimate of drug-likeness (QED) is 0.306. The van der Waals surface area contributed by atoms with Gasteiger partial charge in [-0.05, 0) is 11.8 Å². The standard InChI is InChI=1S/C12H21N3O9P2S/c1-3-25(18,27)24-9-7(6-13-26(19,20)21)23-11(10(9)22-2)15-5-4-8(16)14-12(15)17/h4-5,7,9-11H,3,6H2,1-2H3,(H,18,27)(H,14,16,17)(H3,13,19,20,21)/t7-,9+,10+,11-,25?/m1/s1. The molecule has 154 valence electrons. The van der Waals surface area contributed by atoms with Crippen LogP contribution in [0.3, 0.4) is 0 Å². The van der Waals surface area contributed by atoms with E-state index in [1.165, 1.54) is 13.3 Å². The Morgan fingerprint density at radius 3 is 2.56 bits per heavy atom. The number of ether oxygens (including phenoxy) is 2. The fourth-order valence-corrected chi connectivity index (χ4v) is 4.08. The first kappa shape index (κ1) is 22.6. The Morgan fingerprint density at radius 1 is 1.37 bits per heavy atom. The van der Waals surface area contributed by atoms with Gasteiger partial charge in [-0.1, -0.05) is 6.92 Å². The fraction of sp³-hybridized carbons (Fsp3) is 0.667. The zero-order valence-corrected chi connectivity index (χ0v) is 17.0. The fourth-order valence-electron chi connectivity index (χ4n) is 2.58. The highest BCUT2D eigenvalue weighted by Gasteiger charge is 2.49. The van der Waals surface area contributed by atoms with Crippen LogP contribution in [-0.4, -0.2) is 62.4 Å². The molecule has 5 atom stereocenters. The molecule has 12 nitrogen and oxygen atoms in total. The monoisotopic (exact) mass is 445 g/mol. The summed E-state index contributed by atoms with van der Waals surface area (Å²) in [5.41, 5.74) is -1.37. The van der Waals surface area contributed by atoms with Crippen LogP contribution in [0.2, 0.25) is 0 Å². The summed E-state index contributed by atoms with van der Waals surface area (Å²) in [7, 11) is -3.24. The van der Waals surface area contributed by atoms with Crippen LogP contribution in [-0.2, 0) is 30.4 Å². The summed E-state index contributed by atoms with van der Waals surface area (Å²) in [6, 6.07) is 1.11. The first-order valence-electron chi connectivity index (χ1n) is 7.78. The third kappa shape index (κ3) is 5.88. The van der Waals surface area contributed by atoms with E-state index < -0.39 is 50.0 Å². The van der Waals surface area contributed by atoms with Crippen molar-refractivity contribution in [1.82, 2.24) is 14.6 Å². The SMILES string of the molecule is CCP(O)(=S)O[C@@H]1[C@H](OC)[C@H](n2ccc(=O)[nH]c2=O)O[C@@H]1CNP(=O)(O)O. The summed E-state index contributed by atoms with van der Waals surface area (Å²) in [5, 5.41) is 2.00. The molecule has 1 aromatic heterocycles. The molecule has 1 aromatic rings. The highest BCUT2D eigenvalue weighted by Crippen LogP contribution is 2.48. The second-order valence-corrected chi connectivity index (χ2v) is 10.9. The Hall–Kier alpha value is -0.720. The van der Waals surface area contributed by atoms with Crippen LogP contribution in [0.25, 0.3) is 0 Å². The van der Waals surface area contributed by atoms with Crippen molar-refractivity contribution in [3.63, 3.8) is 0 Å². The summed E-state index contributed by atoms with van der Waals surface area (Å²) in [5.74, 6) is 0. The van der Waals surface area contributed by atoms with Crippen molar-refractivity contribution in [2.45, 2.75) is 31.5 Å². The molecule has 2 rings (SSSR count). The number of H-pyrrole nitrogens is 1. The first-order chi connectivity index (χ1) is 12.5. The van der Waals surface area contributed by atoms with Crippen LogP contribution in [0, 0.1) is 0 Å². The zero-order valence-electron chi connectivity index (χ0n) is 14.4. The molecule has 27 heavy (non-hydrogen) atoms. The minimum atomic E-state index is -4.56.